The van der Waals surface area contributed by atoms with Gasteiger partial charge < -0.3 is 10.7 Å². The first-order chi connectivity index (χ1) is 6.16. The minimum absolute atomic E-state index is 0.237. The van der Waals surface area contributed by atoms with E-state index in [0.717, 1.165) is 5.52 Å². The third-order valence-corrected chi connectivity index (χ3v) is 1.86. The van der Waals surface area contributed by atoms with Crippen LogP contribution in [0.1, 0.15) is 5.82 Å². The molecule has 0 radical (unpaired) electrons. The zero-order valence-electron chi connectivity index (χ0n) is 7.16. The molecule has 0 spiro atoms. The van der Waals surface area contributed by atoms with E-state index in [4.69, 9.17) is 5.73 Å². The predicted molar refractivity (Wildman–Crippen MR) is 51.5 cm³/mol. The highest BCUT2D eigenvalue weighted by Crippen LogP contribution is 2.10. The lowest BCUT2D eigenvalue weighted by molar-refractivity contribution is 1.06. The Balaban J connectivity index is 2.95. The summed E-state index contributed by atoms with van der Waals surface area (Å²) in [5.41, 5.74) is 6.66. The number of fused-ring (bicyclic) bond motifs is 1. The Morgan fingerprint density at radius 1 is 1.46 bits per heavy atom. The Morgan fingerprint density at radius 3 is 3.00 bits per heavy atom. The predicted octanol–water partition coefficient (Wildman–Crippen LogP) is 0.814. The van der Waals surface area contributed by atoms with Crippen LogP contribution in [-0.2, 0) is 0 Å². The van der Waals surface area contributed by atoms with E-state index < -0.39 is 0 Å². The van der Waals surface area contributed by atoms with Crippen LogP contribution in [0.3, 0.4) is 0 Å². The van der Waals surface area contributed by atoms with Crippen LogP contribution in [0.25, 0.3) is 10.9 Å². The second kappa shape index (κ2) is 2.58. The van der Waals surface area contributed by atoms with E-state index in [1.54, 1.807) is 25.1 Å². The molecule has 2 rings (SSSR count). The largest absolute Gasteiger partial charge is 0.399 e. The molecule has 3 N–H and O–H groups in total. The SMILES string of the molecule is Cc1nc(=O)c2cc(N)ccc2[nH]1. The third kappa shape index (κ3) is 1.26. The fourth-order valence-electron chi connectivity index (χ4n) is 1.28. The molecule has 0 amide bonds. The van der Waals surface area contributed by atoms with Crippen LogP contribution >= 0.6 is 0 Å². The van der Waals surface area contributed by atoms with Crippen molar-refractivity contribution < 1.29 is 0 Å². The molecule has 4 heteroatoms. The highest BCUT2D eigenvalue weighted by Gasteiger charge is 2.00. The number of nitrogen functional groups attached to an aromatic ring is 1. The van der Waals surface area contributed by atoms with Crippen LogP contribution in [0, 0.1) is 6.92 Å². The molecule has 0 unspecified atom stereocenters. The van der Waals surface area contributed by atoms with Crippen LogP contribution in [0.5, 0.6) is 0 Å². The summed E-state index contributed by atoms with van der Waals surface area (Å²) in [7, 11) is 0. The number of nitrogens with zero attached hydrogens (tertiary/aromatic N) is 1. The van der Waals surface area contributed by atoms with Crippen LogP contribution in [-0.4, -0.2) is 9.97 Å². The van der Waals surface area contributed by atoms with Crippen LogP contribution in [0.15, 0.2) is 23.0 Å². The molecule has 13 heavy (non-hydrogen) atoms. The number of H-pyrrole nitrogens is 1. The van der Waals surface area contributed by atoms with E-state index in [-0.39, 0.29) is 5.56 Å². The van der Waals surface area contributed by atoms with E-state index in [0.29, 0.717) is 16.9 Å². The average Bonchev–Trinajstić information content (AvgIpc) is 2.06. The number of aromatic amines is 1. The Hall–Kier alpha value is -1.84. The molecule has 2 aromatic rings. The summed E-state index contributed by atoms with van der Waals surface area (Å²) in [6.45, 7) is 1.75. The Kier molecular flexibility index (Phi) is 1.55. The summed E-state index contributed by atoms with van der Waals surface area (Å²) in [6, 6.07) is 5.15. The summed E-state index contributed by atoms with van der Waals surface area (Å²) in [4.78, 5) is 18.1. The Labute approximate surface area is 74.4 Å². The second-order valence-corrected chi connectivity index (χ2v) is 2.93. The molecule has 0 atom stereocenters. The molecular formula is C9H9N3O. The van der Waals surface area contributed by atoms with Gasteiger partial charge in [-0.15, -0.1) is 0 Å². The average molecular weight is 175 g/mol. The summed E-state index contributed by atoms with van der Waals surface area (Å²) < 4.78 is 0. The number of benzene rings is 1. The topological polar surface area (TPSA) is 71.8 Å². The maximum absolute atomic E-state index is 11.4. The second-order valence-electron chi connectivity index (χ2n) is 2.93. The highest BCUT2D eigenvalue weighted by atomic mass is 16.1. The van der Waals surface area contributed by atoms with E-state index in [1.807, 2.05) is 0 Å². The normalized spacial score (nSPS) is 10.5. The van der Waals surface area contributed by atoms with Crippen LogP contribution in [0.2, 0.25) is 0 Å². The zero-order chi connectivity index (χ0) is 9.42. The van der Waals surface area contributed by atoms with Crippen molar-refractivity contribution in [1.82, 2.24) is 9.97 Å². The van der Waals surface area contributed by atoms with Gasteiger partial charge in [-0.3, -0.25) is 4.79 Å². The maximum Gasteiger partial charge on any atom is 0.280 e. The monoisotopic (exact) mass is 175 g/mol. The van der Waals surface area contributed by atoms with Gasteiger partial charge in [-0.05, 0) is 25.1 Å². The van der Waals surface area contributed by atoms with Crippen molar-refractivity contribution in [1.29, 1.82) is 0 Å². The molecule has 0 bridgehead atoms. The van der Waals surface area contributed by atoms with Crippen molar-refractivity contribution in [3.63, 3.8) is 0 Å². The molecular weight excluding hydrogens is 166 g/mol. The molecule has 0 aliphatic rings. The maximum atomic E-state index is 11.4. The van der Waals surface area contributed by atoms with Crippen molar-refractivity contribution >= 4 is 16.6 Å². The smallest absolute Gasteiger partial charge is 0.280 e. The van der Waals surface area contributed by atoms with Crippen molar-refractivity contribution in [3.8, 4) is 0 Å². The molecule has 66 valence electrons. The minimum Gasteiger partial charge on any atom is -0.399 e. The fraction of sp³-hybridized carbons (Fsp3) is 0.111. The summed E-state index contributed by atoms with van der Waals surface area (Å²) in [6.07, 6.45) is 0. The number of nitrogens with two attached hydrogens (primary N) is 1. The molecule has 1 aromatic heterocycles. The van der Waals surface area contributed by atoms with Crippen molar-refractivity contribution in [2.24, 2.45) is 0 Å². The standard InChI is InChI=1S/C9H9N3O/c1-5-11-8-3-2-6(10)4-7(8)9(13)12-5/h2-4H,10H2,1H3,(H,11,12,13). The number of nitrogens with one attached hydrogen (secondary N) is 1. The van der Waals surface area contributed by atoms with Gasteiger partial charge in [0.05, 0.1) is 10.9 Å². The highest BCUT2D eigenvalue weighted by molar-refractivity contribution is 5.80. The number of hydrogen-bond donors (Lipinski definition) is 2. The Bertz CT molecular complexity index is 516. The van der Waals surface area contributed by atoms with Gasteiger partial charge in [0.2, 0.25) is 0 Å². The number of rotatable bonds is 0. The third-order valence-electron chi connectivity index (χ3n) is 1.86. The number of hydrogen-bond acceptors (Lipinski definition) is 3. The van der Waals surface area contributed by atoms with Crippen molar-refractivity contribution in [3.05, 3.63) is 34.4 Å². The number of anilines is 1. The van der Waals surface area contributed by atoms with Crippen LogP contribution < -0.4 is 11.3 Å². The first-order valence-corrected chi connectivity index (χ1v) is 3.93. The van der Waals surface area contributed by atoms with Crippen molar-refractivity contribution in [2.75, 3.05) is 5.73 Å². The van der Waals surface area contributed by atoms with Gasteiger partial charge in [-0.25, -0.2) is 0 Å². The first kappa shape index (κ1) is 7.79. The summed E-state index contributed by atoms with van der Waals surface area (Å²) in [5, 5.41) is 0.533. The Morgan fingerprint density at radius 2 is 2.23 bits per heavy atom. The number of aromatic nitrogens is 2. The molecule has 4 nitrogen and oxygen atoms in total. The van der Waals surface area contributed by atoms with Gasteiger partial charge in [0.25, 0.3) is 5.56 Å². The molecule has 0 aliphatic carbocycles. The van der Waals surface area contributed by atoms with E-state index >= 15 is 0 Å². The molecule has 0 aliphatic heterocycles. The van der Waals surface area contributed by atoms with Crippen molar-refractivity contribution in [2.45, 2.75) is 6.92 Å². The van der Waals surface area contributed by atoms with Crippen LogP contribution in [0.4, 0.5) is 5.69 Å². The van der Waals surface area contributed by atoms with Gasteiger partial charge in [0.1, 0.15) is 5.82 Å². The van der Waals surface area contributed by atoms with Gasteiger partial charge in [0.15, 0.2) is 0 Å². The quantitative estimate of drug-likeness (QED) is 0.582. The van der Waals surface area contributed by atoms with Gasteiger partial charge in [-0.2, -0.15) is 4.98 Å². The molecule has 1 aromatic carbocycles. The molecule has 0 saturated carbocycles. The lowest BCUT2D eigenvalue weighted by Gasteiger charge is -1.99. The lowest BCUT2D eigenvalue weighted by Crippen LogP contribution is -2.09. The van der Waals surface area contributed by atoms with E-state index in [9.17, 15) is 4.79 Å². The van der Waals surface area contributed by atoms with Gasteiger partial charge >= 0.3 is 0 Å². The number of aryl methyl sites for hydroxylation is 1. The molecule has 1 heterocycles. The molecule has 0 fully saturated rings. The fourth-order valence-corrected chi connectivity index (χ4v) is 1.28. The first-order valence-electron chi connectivity index (χ1n) is 3.93. The lowest BCUT2D eigenvalue weighted by atomic mass is 10.2. The van der Waals surface area contributed by atoms with Gasteiger partial charge in [0, 0.05) is 5.69 Å². The van der Waals surface area contributed by atoms with Gasteiger partial charge in [-0.1, -0.05) is 0 Å². The summed E-state index contributed by atoms with van der Waals surface area (Å²) in [5.74, 6) is 0.613. The minimum atomic E-state index is -0.237. The zero-order valence-corrected chi connectivity index (χ0v) is 7.16. The molecule has 0 saturated heterocycles. The summed E-state index contributed by atoms with van der Waals surface area (Å²) >= 11 is 0. The van der Waals surface area contributed by atoms with E-state index in [1.165, 1.54) is 0 Å². The van der Waals surface area contributed by atoms with E-state index in [2.05, 4.69) is 9.97 Å².